The Kier molecular flexibility index (Phi) is 6.99. The van der Waals surface area contributed by atoms with Crippen LogP contribution in [0.15, 0.2) is 23.2 Å². The maximum Gasteiger partial charge on any atom is 0.191 e. The highest BCUT2D eigenvalue weighted by Crippen LogP contribution is 2.26. The smallest absolute Gasteiger partial charge is 0.191 e. The Bertz CT molecular complexity index is 891. The van der Waals surface area contributed by atoms with Gasteiger partial charge in [-0.2, -0.15) is 0 Å². The molecule has 0 bridgehead atoms. The molecule has 4 rings (SSSR count). The van der Waals surface area contributed by atoms with Crippen LogP contribution in [-0.4, -0.2) is 53.4 Å². The molecular weight excluding hydrogens is 400 g/mol. The van der Waals surface area contributed by atoms with Gasteiger partial charge in [-0.05, 0) is 37.8 Å². The van der Waals surface area contributed by atoms with Gasteiger partial charge in [0.2, 0.25) is 0 Å². The number of fused-ring (bicyclic) bond motifs is 1. The number of aliphatic imine (C=N–C) groups is 1. The fourth-order valence-corrected chi connectivity index (χ4v) is 4.44. The summed E-state index contributed by atoms with van der Waals surface area (Å²) in [7, 11) is 1.73. The number of aryl methyl sites for hydroxylation is 2. The molecule has 9 heteroatoms. The highest BCUT2D eigenvalue weighted by atomic mass is 19.1. The van der Waals surface area contributed by atoms with Gasteiger partial charge in [-0.25, -0.2) is 8.78 Å². The summed E-state index contributed by atoms with van der Waals surface area (Å²) in [5.41, 5.74) is 0.0576. The summed E-state index contributed by atoms with van der Waals surface area (Å²) in [6.07, 6.45) is 7.27. The number of aromatic nitrogens is 3. The van der Waals surface area contributed by atoms with Gasteiger partial charge < -0.3 is 20.1 Å². The molecule has 1 aromatic heterocycles. The van der Waals surface area contributed by atoms with E-state index in [0.717, 1.165) is 50.4 Å². The second kappa shape index (κ2) is 10.1. The monoisotopic (exact) mass is 431 g/mol. The largest absolute Gasteiger partial charge is 0.365 e. The molecule has 7 nitrogen and oxygen atoms in total. The number of hydrogen-bond acceptors (Lipinski definition) is 4. The van der Waals surface area contributed by atoms with Crippen LogP contribution in [0.5, 0.6) is 0 Å². The van der Waals surface area contributed by atoms with E-state index in [1.54, 1.807) is 11.9 Å². The van der Waals surface area contributed by atoms with E-state index in [0.29, 0.717) is 19.0 Å². The SMILES string of the molecule is CN=C(NCCCc1nnc2n1CCCCC2)NC1CCN(c2c(F)cccc2F)C1. The molecule has 0 spiro atoms. The maximum atomic E-state index is 14.1. The van der Waals surface area contributed by atoms with E-state index < -0.39 is 11.6 Å². The molecule has 0 amide bonds. The van der Waals surface area contributed by atoms with Crippen molar-refractivity contribution in [3.63, 3.8) is 0 Å². The molecule has 1 unspecified atom stereocenters. The Morgan fingerprint density at radius 2 is 2.00 bits per heavy atom. The minimum atomic E-state index is -0.519. The highest BCUT2D eigenvalue weighted by Gasteiger charge is 2.27. The summed E-state index contributed by atoms with van der Waals surface area (Å²) in [4.78, 5) is 6.05. The number of nitrogens with zero attached hydrogens (tertiary/aromatic N) is 5. The van der Waals surface area contributed by atoms with Crippen molar-refractivity contribution in [2.45, 2.75) is 57.5 Å². The van der Waals surface area contributed by atoms with Gasteiger partial charge in [0.25, 0.3) is 0 Å². The molecule has 168 valence electrons. The molecule has 1 saturated heterocycles. The average molecular weight is 432 g/mol. The summed E-state index contributed by atoms with van der Waals surface area (Å²) < 4.78 is 30.4. The number of para-hydroxylation sites is 1. The summed E-state index contributed by atoms with van der Waals surface area (Å²) in [6.45, 7) is 2.92. The van der Waals surface area contributed by atoms with Gasteiger partial charge in [-0.1, -0.05) is 12.5 Å². The minimum Gasteiger partial charge on any atom is -0.365 e. The number of halogens is 2. The van der Waals surface area contributed by atoms with Crippen molar-refractivity contribution in [2.75, 3.05) is 31.6 Å². The lowest BCUT2D eigenvalue weighted by molar-refractivity contribution is 0.575. The van der Waals surface area contributed by atoms with Crippen LogP contribution in [0.25, 0.3) is 0 Å². The Morgan fingerprint density at radius 3 is 2.81 bits per heavy atom. The van der Waals surface area contributed by atoms with E-state index in [1.807, 2.05) is 0 Å². The summed E-state index contributed by atoms with van der Waals surface area (Å²) in [5.74, 6) is 1.86. The molecule has 2 aliphatic rings. The van der Waals surface area contributed by atoms with Gasteiger partial charge in [-0.3, -0.25) is 4.99 Å². The van der Waals surface area contributed by atoms with E-state index >= 15 is 0 Å². The van der Waals surface area contributed by atoms with E-state index in [4.69, 9.17) is 0 Å². The van der Waals surface area contributed by atoms with Gasteiger partial charge in [0.05, 0.1) is 0 Å². The quantitative estimate of drug-likeness (QED) is 0.418. The van der Waals surface area contributed by atoms with Crippen LogP contribution in [0, 0.1) is 11.6 Å². The third-order valence-electron chi connectivity index (χ3n) is 6.06. The number of benzene rings is 1. The van der Waals surface area contributed by atoms with E-state index in [1.165, 1.54) is 37.5 Å². The molecule has 0 radical (unpaired) electrons. The van der Waals surface area contributed by atoms with Crippen LogP contribution in [0.3, 0.4) is 0 Å². The van der Waals surface area contributed by atoms with Crippen LogP contribution in [0.4, 0.5) is 14.5 Å². The van der Waals surface area contributed by atoms with Crippen LogP contribution < -0.4 is 15.5 Å². The molecule has 1 atom stereocenters. The lowest BCUT2D eigenvalue weighted by atomic mass is 10.2. The van der Waals surface area contributed by atoms with Crippen LogP contribution >= 0.6 is 0 Å². The van der Waals surface area contributed by atoms with Crippen molar-refractivity contribution in [1.29, 1.82) is 0 Å². The van der Waals surface area contributed by atoms with E-state index in [9.17, 15) is 8.78 Å². The molecule has 0 aliphatic carbocycles. The van der Waals surface area contributed by atoms with Gasteiger partial charge in [-0.15, -0.1) is 10.2 Å². The molecule has 0 saturated carbocycles. The first kappa shape index (κ1) is 21.5. The number of nitrogens with one attached hydrogen (secondary N) is 2. The first-order valence-corrected chi connectivity index (χ1v) is 11.2. The molecule has 2 aromatic rings. The van der Waals surface area contributed by atoms with Gasteiger partial charge in [0.1, 0.15) is 29.0 Å². The number of guanidine groups is 1. The van der Waals surface area contributed by atoms with Crippen molar-refractivity contribution in [1.82, 2.24) is 25.4 Å². The second-order valence-electron chi connectivity index (χ2n) is 8.24. The van der Waals surface area contributed by atoms with Crippen LogP contribution in [0.2, 0.25) is 0 Å². The highest BCUT2D eigenvalue weighted by molar-refractivity contribution is 5.80. The molecule has 2 aliphatic heterocycles. The van der Waals surface area contributed by atoms with Crippen molar-refractivity contribution in [2.24, 2.45) is 4.99 Å². The Labute approximate surface area is 181 Å². The minimum absolute atomic E-state index is 0.0576. The third-order valence-corrected chi connectivity index (χ3v) is 6.06. The Hall–Kier alpha value is -2.71. The lowest BCUT2D eigenvalue weighted by Gasteiger charge is -2.21. The molecule has 31 heavy (non-hydrogen) atoms. The predicted octanol–water partition coefficient (Wildman–Crippen LogP) is 2.66. The van der Waals surface area contributed by atoms with E-state index in [2.05, 4.69) is 30.4 Å². The Morgan fingerprint density at radius 1 is 1.16 bits per heavy atom. The summed E-state index contributed by atoms with van der Waals surface area (Å²) in [6, 6.07) is 4.07. The molecule has 2 N–H and O–H groups in total. The topological polar surface area (TPSA) is 70.4 Å². The first-order valence-electron chi connectivity index (χ1n) is 11.2. The van der Waals surface area contributed by atoms with Crippen LogP contribution in [0.1, 0.15) is 43.8 Å². The van der Waals surface area contributed by atoms with Gasteiger partial charge in [0.15, 0.2) is 5.96 Å². The predicted molar refractivity (Wildman–Crippen MR) is 117 cm³/mol. The zero-order valence-electron chi connectivity index (χ0n) is 18.1. The molecule has 1 fully saturated rings. The van der Waals surface area contributed by atoms with Gasteiger partial charge in [0, 0.05) is 52.1 Å². The average Bonchev–Trinajstić information content (AvgIpc) is 3.30. The summed E-state index contributed by atoms with van der Waals surface area (Å²) >= 11 is 0. The Balaban J connectivity index is 1.23. The molecular formula is C22H31F2N7. The second-order valence-corrected chi connectivity index (χ2v) is 8.24. The molecule has 3 heterocycles. The standard InChI is InChI=1S/C22H31F2N7/c1-25-22(26-12-6-10-20-29-28-19-9-3-2-4-13-31(19)20)27-16-11-14-30(15-16)21-17(23)7-5-8-18(21)24/h5,7-8,16H,2-4,6,9-15H2,1H3,(H2,25,26,27). The van der Waals surface area contributed by atoms with Gasteiger partial charge >= 0.3 is 0 Å². The fourth-order valence-electron chi connectivity index (χ4n) is 4.44. The number of rotatable bonds is 6. The first-order chi connectivity index (χ1) is 15.2. The number of hydrogen-bond donors (Lipinski definition) is 2. The van der Waals surface area contributed by atoms with Crippen molar-refractivity contribution < 1.29 is 8.78 Å². The number of anilines is 1. The van der Waals surface area contributed by atoms with Crippen LogP contribution in [-0.2, 0) is 19.4 Å². The fraction of sp³-hybridized carbons (Fsp3) is 0.591. The maximum absolute atomic E-state index is 14.1. The zero-order valence-corrected chi connectivity index (χ0v) is 18.1. The van der Waals surface area contributed by atoms with E-state index in [-0.39, 0.29) is 11.7 Å². The van der Waals surface area contributed by atoms with Crippen molar-refractivity contribution >= 4 is 11.6 Å². The normalized spacial score (nSPS) is 19.3. The summed E-state index contributed by atoms with van der Waals surface area (Å²) in [5, 5.41) is 15.5. The van der Waals surface area contributed by atoms with Crippen molar-refractivity contribution in [3.05, 3.63) is 41.5 Å². The lowest BCUT2D eigenvalue weighted by Crippen LogP contribution is -2.45. The zero-order chi connectivity index (χ0) is 21.6. The molecule has 1 aromatic carbocycles. The third kappa shape index (κ3) is 5.14. The van der Waals surface area contributed by atoms with Crippen molar-refractivity contribution in [3.8, 4) is 0 Å².